The van der Waals surface area contributed by atoms with Gasteiger partial charge in [-0.15, -0.1) is 0 Å². The average molecular weight is 214 g/mol. The number of nitrogens with zero attached hydrogens (tertiary/aromatic N) is 1. The van der Waals surface area contributed by atoms with Gasteiger partial charge in [-0.25, -0.2) is 0 Å². The van der Waals surface area contributed by atoms with Crippen LogP contribution in [0.15, 0.2) is 0 Å². The lowest BCUT2D eigenvalue weighted by molar-refractivity contribution is -0.135. The smallest absolute Gasteiger partial charge is 0.225 e. The highest BCUT2D eigenvalue weighted by atomic mass is 16.5. The molecule has 0 saturated carbocycles. The standard InChI is InChI=1S/C11H22N2O2/c1-8-6-13(7-9(8)12)10(14)5-11(2,3)15-4/h8-9H,5-7,12H2,1-4H3. The van der Waals surface area contributed by atoms with Gasteiger partial charge in [0.15, 0.2) is 0 Å². The predicted molar refractivity (Wildman–Crippen MR) is 59.4 cm³/mol. The van der Waals surface area contributed by atoms with Crippen LogP contribution in [0.25, 0.3) is 0 Å². The van der Waals surface area contributed by atoms with E-state index < -0.39 is 0 Å². The third kappa shape index (κ3) is 3.18. The van der Waals surface area contributed by atoms with Crippen LogP contribution in [0, 0.1) is 5.92 Å². The summed E-state index contributed by atoms with van der Waals surface area (Å²) in [5.74, 6) is 0.543. The van der Waals surface area contributed by atoms with Crippen molar-refractivity contribution in [2.24, 2.45) is 11.7 Å². The summed E-state index contributed by atoms with van der Waals surface area (Å²) in [5, 5.41) is 0. The van der Waals surface area contributed by atoms with E-state index in [0.29, 0.717) is 18.9 Å². The van der Waals surface area contributed by atoms with Gasteiger partial charge >= 0.3 is 0 Å². The van der Waals surface area contributed by atoms with Crippen LogP contribution < -0.4 is 5.73 Å². The zero-order valence-corrected chi connectivity index (χ0v) is 10.1. The second-order valence-corrected chi connectivity index (χ2v) is 5.08. The summed E-state index contributed by atoms with van der Waals surface area (Å²) in [4.78, 5) is 13.7. The summed E-state index contributed by atoms with van der Waals surface area (Å²) < 4.78 is 5.24. The molecule has 1 fully saturated rings. The van der Waals surface area contributed by atoms with Crippen molar-refractivity contribution < 1.29 is 9.53 Å². The first-order valence-corrected chi connectivity index (χ1v) is 5.44. The van der Waals surface area contributed by atoms with Crippen LogP contribution in [-0.4, -0.2) is 42.6 Å². The molecule has 1 saturated heterocycles. The summed E-state index contributed by atoms with van der Waals surface area (Å²) in [5.41, 5.74) is 5.50. The molecule has 88 valence electrons. The summed E-state index contributed by atoms with van der Waals surface area (Å²) in [7, 11) is 1.63. The molecule has 1 aliphatic rings. The number of amides is 1. The average Bonchev–Trinajstić information content (AvgIpc) is 2.47. The van der Waals surface area contributed by atoms with Gasteiger partial charge in [0.05, 0.1) is 12.0 Å². The Labute approximate surface area is 91.8 Å². The van der Waals surface area contributed by atoms with Gasteiger partial charge in [0, 0.05) is 26.2 Å². The molecule has 2 N–H and O–H groups in total. The van der Waals surface area contributed by atoms with Crippen molar-refractivity contribution in [3.8, 4) is 0 Å². The zero-order valence-electron chi connectivity index (χ0n) is 10.1. The van der Waals surface area contributed by atoms with E-state index >= 15 is 0 Å². The Morgan fingerprint density at radius 2 is 2.13 bits per heavy atom. The van der Waals surface area contributed by atoms with Crippen LogP contribution in [0.2, 0.25) is 0 Å². The third-order valence-corrected chi connectivity index (χ3v) is 3.15. The van der Waals surface area contributed by atoms with E-state index in [4.69, 9.17) is 10.5 Å². The van der Waals surface area contributed by atoms with Gasteiger partial charge in [-0.1, -0.05) is 6.92 Å². The Kier molecular flexibility index (Phi) is 3.73. The highest BCUT2D eigenvalue weighted by Gasteiger charge is 2.32. The summed E-state index contributed by atoms with van der Waals surface area (Å²) in [6, 6.07) is 0.125. The van der Waals surface area contributed by atoms with Crippen molar-refractivity contribution >= 4 is 5.91 Å². The van der Waals surface area contributed by atoms with E-state index in [0.717, 1.165) is 6.54 Å². The third-order valence-electron chi connectivity index (χ3n) is 3.15. The fourth-order valence-corrected chi connectivity index (χ4v) is 1.74. The molecule has 1 heterocycles. The molecule has 1 amide bonds. The first kappa shape index (κ1) is 12.5. The van der Waals surface area contributed by atoms with E-state index in [1.807, 2.05) is 18.7 Å². The number of hydrogen-bond acceptors (Lipinski definition) is 3. The lowest BCUT2D eigenvalue weighted by Gasteiger charge is -2.25. The van der Waals surface area contributed by atoms with Crippen LogP contribution in [0.1, 0.15) is 27.2 Å². The maximum atomic E-state index is 11.9. The summed E-state index contributed by atoms with van der Waals surface area (Å²) >= 11 is 0. The fraction of sp³-hybridized carbons (Fsp3) is 0.909. The second kappa shape index (κ2) is 4.49. The Morgan fingerprint density at radius 1 is 1.53 bits per heavy atom. The van der Waals surface area contributed by atoms with Crippen LogP contribution in [0.5, 0.6) is 0 Å². The van der Waals surface area contributed by atoms with Gasteiger partial charge in [-0.3, -0.25) is 4.79 Å². The molecular formula is C11H22N2O2. The molecule has 1 rings (SSSR count). The SMILES string of the molecule is COC(C)(C)CC(=O)N1CC(C)C(N)C1. The highest BCUT2D eigenvalue weighted by molar-refractivity contribution is 5.77. The highest BCUT2D eigenvalue weighted by Crippen LogP contribution is 2.19. The van der Waals surface area contributed by atoms with Crippen molar-refractivity contribution in [1.82, 2.24) is 4.90 Å². The van der Waals surface area contributed by atoms with Crippen LogP contribution in [-0.2, 0) is 9.53 Å². The van der Waals surface area contributed by atoms with E-state index in [2.05, 4.69) is 6.92 Å². The number of carbonyl (C=O) groups excluding carboxylic acids is 1. The number of likely N-dealkylation sites (tertiary alicyclic amines) is 1. The van der Waals surface area contributed by atoms with Crippen molar-refractivity contribution in [3.05, 3.63) is 0 Å². The predicted octanol–water partition coefficient (Wildman–Crippen LogP) is 0.607. The zero-order chi connectivity index (χ0) is 11.6. The molecule has 0 aromatic carbocycles. The van der Waals surface area contributed by atoms with Gasteiger partial charge in [0.25, 0.3) is 0 Å². The summed E-state index contributed by atoms with van der Waals surface area (Å²) in [6.07, 6.45) is 0.420. The minimum Gasteiger partial charge on any atom is -0.378 e. The Hall–Kier alpha value is -0.610. The molecule has 0 spiro atoms. The number of ether oxygens (including phenoxy) is 1. The lowest BCUT2D eigenvalue weighted by atomic mass is 10.0. The van der Waals surface area contributed by atoms with Gasteiger partial charge in [-0.2, -0.15) is 0 Å². The molecule has 0 aliphatic carbocycles. The van der Waals surface area contributed by atoms with Gasteiger partial charge in [0.2, 0.25) is 5.91 Å². The first-order chi connectivity index (χ1) is 6.85. The molecular weight excluding hydrogens is 192 g/mol. The van der Waals surface area contributed by atoms with Gasteiger partial charge in [-0.05, 0) is 19.8 Å². The topological polar surface area (TPSA) is 55.6 Å². The van der Waals surface area contributed by atoms with E-state index in [1.54, 1.807) is 7.11 Å². The van der Waals surface area contributed by atoms with Crippen molar-refractivity contribution in [2.75, 3.05) is 20.2 Å². The first-order valence-electron chi connectivity index (χ1n) is 5.44. The molecule has 4 heteroatoms. The van der Waals surface area contributed by atoms with Crippen LogP contribution in [0.4, 0.5) is 0 Å². The molecule has 0 bridgehead atoms. The molecule has 2 unspecified atom stereocenters. The lowest BCUT2D eigenvalue weighted by Crippen LogP contribution is -2.37. The molecule has 15 heavy (non-hydrogen) atoms. The molecule has 1 aliphatic heterocycles. The molecule has 0 aromatic heterocycles. The van der Waals surface area contributed by atoms with Crippen LogP contribution in [0.3, 0.4) is 0 Å². The Morgan fingerprint density at radius 3 is 2.53 bits per heavy atom. The Bertz CT molecular complexity index is 231. The quantitative estimate of drug-likeness (QED) is 0.749. The minimum atomic E-state index is -0.382. The number of carbonyl (C=O) groups is 1. The van der Waals surface area contributed by atoms with Crippen molar-refractivity contribution in [2.45, 2.75) is 38.8 Å². The number of hydrogen-bond donors (Lipinski definition) is 1. The summed E-state index contributed by atoms with van der Waals surface area (Å²) in [6.45, 7) is 7.38. The van der Waals surface area contributed by atoms with Gasteiger partial charge < -0.3 is 15.4 Å². The maximum absolute atomic E-state index is 11.9. The fourth-order valence-electron chi connectivity index (χ4n) is 1.74. The van der Waals surface area contributed by atoms with E-state index in [9.17, 15) is 4.79 Å². The molecule has 4 nitrogen and oxygen atoms in total. The molecule has 2 atom stereocenters. The number of methoxy groups -OCH3 is 1. The normalized spacial score (nSPS) is 27.1. The van der Waals surface area contributed by atoms with E-state index in [1.165, 1.54) is 0 Å². The second-order valence-electron chi connectivity index (χ2n) is 5.08. The molecule has 0 radical (unpaired) electrons. The molecule has 0 aromatic rings. The minimum absolute atomic E-state index is 0.125. The maximum Gasteiger partial charge on any atom is 0.225 e. The van der Waals surface area contributed by atoms with Crippen molar-refractivity contribution in [1.29, 1.82) is 0 Å². The number of rotatable bonds is 3. The van der Waals surface area contributed by atoms with Gasteiger partial charge in [0.1, 0.15) is 0 Å². The van der Waals surface area contributed by atoms with E-state index in [-0.39, 0.29) is 17.6 Å². The van der Waals surface area contributed by atoms with Crippen LogP contribution >= 0.6 is 0 Å². The largest absolute Gasteiger partial charge is 0.378 e. The monoisotopic (exact) mass is 214 g/mol. The Balaban J connectivity index is 2.49. The van der Waals surface area contributed by atoms with Crippen molar-refractivity contribution in [3.63, 3.8) is 0 Å². The number of nitrogens with two attached hydrogens (primary N) is 1.